The molecule has 0 amide bonds. The zero-order valence-electron chi connectivity index (χ0n) is 18.1. The molecule has 3 nitrogen and oxygen atoms in total. The summed E-state index contributed by atoms with van der Waals surface area (Å²) < 4.78 is 11.9. The quantitative estimate of drug-likeness (QED) is 0.371. The van der Waals surface area contributed by atoms with Crippen LogP contribution in [0.2, 0.25) is 0 Å². The number of terminal acetylenes is 1. The zero-order valence-corrected chi connectivity index (χ0v) is 18.1. The van der Waals surface area contributed by atoms with Crippen molar-refractivity contribution in [1.82, 2.24) is 0 Å². The number of hydrogen-bond acceptors (Lipinski definition) is 3. The van der Waals surface area contributed by atoms with Crippen LogP contribution in [0.15, 0.2) is 12.1 Å². The number of rotatable bonds is 12. The van der Waals surface area contributed by atoms with E-state index >= 15 is 0 Å². The number of unbranched alkanes of at least 4 members (excludes halogenated alkanes) is 6. The van der Waals surface area contributed by atoms with Crippen LogP contribution in [0, 0.1) is 24.2 Å². The molecule has 154 valence electrons. The highest BCUT2D eigenvalue weighted by molar-refractivity contribution is 5.58. The van der Waals surface area contributed by atoms with E-state index in [1.54, 1.807) is 13.8 Å². The lowest BCUT2D eigenvalue weighted by Gasteiger charge is -2.14. The van der Waals surface area contributed by atoms with E-state index in [0.717, 1.165) is 25.7 Å². The predicted octanol–water partition coefficient (Wildman–Crippen LogP) is 5.71. The van der Waals surface area contributed by atoms with Crippen LogP contribution in [0.3, 0.4) is 0 Å². The van der Waals surface area contributed by atoms with Gasteiger partial charge in [-0.05, 0) is 26.7 Å². The van der Waals surface area contributed by atoms with Crippen LogP contribution in [0.5, 0.6) is 11.5 Å². The highest BCUT2D eigenvalue weighted by Crippen LogP contribution is 2.29. The fraction of sp³-hybridized carbons (Fsp3) is 0.600. The minimum absolute atomic E-state index is 0.623. The summed E-state index contributed by atoms with van der Waals surface area (Å²) in [5.41, 5.74) is 0.290. The van der Waals surface area contributed by atoms with Gasteiger partial charge < -0.3 is 14.6 Å². The first kappa shape index (κ1) is 23.9. The third-order valence-electron chi connectivity index (χ3n) is 4.25. The topological polar surface area (TPSA) is 38.7 Å². The van der Waals surface area contributed by atoms with E-state index in [1.165, 1.54) is 25.7 Å². The summed E-state index contributed by atoms with van der Waals surface area (Å²) >= 11 is 0. The molecule has 1 N–H and O–H groups in total. The lowest BCUT2D eigenvalue weighted by molar-refractivity contribution is 0.143. The maximum absolute atomic E-state index is 9.96. The molecule has 0 atom stereocenters. The van der Waals surface area contributed by atoms with Gasteiger partial charge in [0.15, 0.2) is 0 Å². The lowest BCUT2D eigenvalue weighted by atomic mass is 10.1. The Bertz CT molecular complexity index is 681. The van der Waals surface area contributed by atoms with Crippen LogP contribution in [0.4, 0.5) is 0 Å². The minimum atomic E-state index is -1.08. The molecule has 0 radical (unpaired) electrons. The van der Waals surface area contributed by atoms with Crippen molar-refractivity contribution in [3.8, 4) is 35.7 Å². The van der Waals surface area contributed by atoms with E-state index in [0.29, 0.717) is 35.8 Å². The number of benzene rings is 1. The molecule has 0 unspecified atom stereocenters. The second-order valence-corrected chi connectivity index (χ2v) is 7.62. The highest BCUT2D eigenvalue weighted by Gasteiger charge is 2.12. The number of hydrogen-bond donors (Lipinski definition) is 1. The third kappa shape index (κ3) is 9.72. The maximum Gasteiger partial charge on any atom is 0.136 e. The molecule has 1 aromatic carbocycles. The normalized spacial score (nSPS) is 10.7. The van der Waals surface area contributed by atoms with Crippen LogP contribution in [-0.2, 0) is 0 Å². The van der Waals surface area contributed by atoms with Gasteiger partial charge in [-0.15, -0.1) is 6.42 Å². The first-order valence-electron chi connectivity index (χ1n) is 10.6. The van der Waals surface area contributed by atoms with E-state index in [4.69, 9.17) is 15.9 Å². The summed E-state index contributed by atoms with van der Waals surface area (Å²) in [6.07, 6.45) is 14.8. The first-order valence-corrected chi connectivity index (χ1v) is 10.6. The SMILES string of the molecule is C#Cc1cc(OCCCCCC)c(C#CC(C)(C)O)cc1OCCCCCC. The van der Waals surface area contributed by atoms with Gasteiger partial charge in [0.1, 0.15) is 17.1 Å². The molecule has 0 saturated carbocycles. The average Bonchev–Trinajstić information content (AvgIpc) is 2.66. The van der Waals surface area contributed by atoms with Crippen LogP contribution in [0.1, 0.15) is 90.2 Å². The van der Waals surface area contributed by atoms with E-state index < -0.39 is 5.60 Å². The standard InChI is InChI=1S/C25H36O3/c1-6-9-11-13-17-27-23-20-22(15-16-25(4,5)26)24(19-21(23)8-3)28-18-14-12-10-7-2/h3,19-20,26H,6-7,9-14,17-18H2,1-2,4-5H3. The van der Waals surface area contributed by atoms with Crippen molar-refractivity contribution in [2.45, 2.75) is 84.7 Å². The number of aliphatic hydroxyl groups is 1. The van der Waals surface area contributed by atoms with Gasteiger partial charge in [-0.2, -0.15) is 0 Å². The van der Waals surface area contributed by atoms with Gasteiger partial charge >= 0.3 is 0 Å². The molecule has 0 aliphatic carbocycles. The largest absolute Gasteiger partial charge is 0.492 e. The molecule has 0 heterocycles. The maximum atomic E-state index is 9.96. The molecule has 0 bridgehead atoms. The minimum Gasteiger partial charge on any atom is -0.492 e. The van der Waals surface area contributed by atoms with Crippen molar-refractivity contribution < 1.29 is 14.6 Å². The third-order valence-corrected chi connectivity index (χ3v) is 4.25. The van der Waals surface area contributed by atoms with Gasteiger partial charge in [0, 0.05) is 12.1 Å². The Morgan fingerprint density at radius 2 is 1.36 bits per heavy atom. The van der Waals surface area contributed by atoms with Gasteiger partial charge in [0.25, 0.3) is 0 Å². The second-order valence-electron chi connectivity index (χ2n) is 7.62. The molecule has 0 spiro atoms. The molecule has 3 heteroatoms. The van der Waals surface area contributed by atoms with E-state index in [2.05, 4.69) is 31.6 Å². The second kappa shape index (κ2) is 13.1. The summed E-state index contributed by atoms with van der Waals surface area (Å²) in [7, 11) is 0. The summed E-state index contributed by atoms with van der Waals surface area (Å²) in [6, 6.07) is 3.67. The Morgan fingerprint density at radius 1 is 0.857 bits per heavy atom. The lowest BCUT2D eigenvalue weighted by Crippen LogP contribution is -2.14. The fourth-order valence-electron chi connectivity index (χ4n) is 2.65. The zero-order chi connectivity index (χ0) is 20.8. The van der Waals surface area contributed by atoms with Crippen LogP contribution < -0.4 is 9.47 Å². The van der Waals surface area contributed by atoms with Gasteiger partial charge in [0.2, 0.25) is 0 Å². The molecule has 1 aromatic rings. The predicted molar refractivity (Wildman–Crippen MR) is 117 cm³/mol. The van der Waals surface area contributed by atoms with Gasteiger partial charge in [-0.25, -0.2) is 0 Å². The Hall–Kier alpha value is -2.10. The summed E-state index contributed by atoms with van der Waals surface area (Å²) in [6.45, 7) is 8.94. The summed E-state index contributed by atoms with van der Waals surface area (Å²) in [5, 5.41) is 9.96. The van der Waals surface area contributed by atoms with Crippen molar-refractivity contribution in [1.29, 1.82) is 0 Å². The Morgan fingerprint density at radius 3 is 1.82 bits per heavy atom. The molecule has 0 fully saturated rings. The van der Waals surface area contributed by atoms with Crippen molar-refractivity contribution in [3.63, 3.8) is 0 Å². The van der Waals surface area contributed by atoms with Gasteiger partial charge in [0.05, 0.1) is 24.3 Å². The first-order chi connectivity index (χ1) is 13.4. The van der Waals surface area contributed by atoms with Crippen LogP contribution in [0.25, 0.3) is 0 Å². The summed E-state index contributed by atoms with van der Waals surface area (Å²) in [4.78, 5) is 0. The smallest absolute Gasteiger partial charge is 0.136 e. The van der Waals surface area contributed by atoms with Crippen molar-refractivity contribution >= 4 is 0 Å². The monoisotopic (exact) mass is 384 g/mol. The molecule has 28 heavy (non-hydrogen) atoms. The Kier molecular flexibility index (Phi) is 11.2. The van der Waals surface area contributed by atoms with Crippen LogP contribution >= 0.6 is 0 Å². The molecule has 0 aliphatic heterocycles. The van der Waals surface area contributed by atoms with Gasteiger partial charge in [-0.1, -0.05) is 70.1 Å². The van der Waals surface area contributed by atoms with E-state index in [1.807, 2.05) is 12.1 Å². The van der Waals surface area contributed by atoms with Crippen molar-refractivity contribution in [2.75, 3.05) is 13.2 Å². The molecule has 1 rings (SSSR count). The molecular formula is C25H36O3. The Labute approximate surface area is 171 Å². The van der Waals surface area contributed by atoms with Crippen molar-refractivity contribution in [3.05, 3.63) is 23.3 Å². The van der Waals surface area contributed by atoms with Gasteiger partial charge in [-0.3, -0.25) is 0 Å². The summed E-state index contributed by atoms with van der Waals surface area (Å²) in [5.74, 6) is 9.89. The van der Waals surface area contributed by atoms with E-state index in [9.17, 15) is 5.11 Å². The average molecular weight is 385 g/mol. The molecule has 0 aliphatic rings. The molecule has 0 saturated heterocycles. The highest BCUT2D eigenvalue weighted by atomic mass is 16.5. The molecular weight excluding hydrogens is 348 g/mol. The van der Waals surface area contributed by atoms with Crippen molar-refractivity contribution in [2.24, 2.45) is 0 Å². The molecule has 0 aromatic heterocycles. The number of ether oxygens (including phenoxy) is 2. The van der Waals surface area contributed by atoms with Crippen LogP contribution in [-0.4, -0.2) is 23.9 Å². The fourth-order valence-corrected chi connectivity index (χ4v) is 2.65. The van der Waals surface area contributed by atoms with E-state index in [-0.39, 0.29) is 0 Å². The Balaban J connectivity index is 2.98.